The number of benzene rings is 3. The van der Waals surface area contributed by atoms with Crippen LogP contribution in [0.1, 0.15) is 30.0 Å². The fourth-order valence-electron chi connectivity index (χ4n) is 3.71. The van der Waals surface area contributed by atoms with Crippen LogP contribution in [0.15, 0.2) is 66.9 Å². The molecule has 3 rings (SSSR count). The van der Waals surface area contributed by atoms with Crippen LogP contribution in [0.25, 0.3) is 28.3 Å². The number of rotatable bonds is 8. The summed E-state index contributed by atoms with van der Waals surface area (Å²) < 4.78 is 10.5. The van der Waals surface area contributed by atoms with E-state index in [1.54, 1.807) is 13.2 Å². The van der Waals surface area contributed by atoms with Crippen molar-refractivity contribution in [1.29, 1.82) is 0 Å². The van der Waals surface area contributed by atoms with Crippen LogP contribution in [0.3, 0.4) is 0 Å². The maximum absolute atomic E-state index is 11.9. The van der Waals surface area contributed by atoms with E-state index in [0.29, 0.717) is 19.4 Å². The van der Waals surface area contributed by atoms with Crippen molar-refractivity contribution in [3.63, 3.8) is 0 Å². The third kappa shape index (κ3) is 5.54. The number of aryl methyl sites for hydroxylation is 2. The summed E-state index contributed by atoms with van der Waals surface area (Å²) >= 11 is 0. The lowest BCUT2D eigenvalue weighted by Crippen LogP contribution is -2.06. The van der Waals surface area contributed by atoms with Gasteiger partial charge in [0.15, 0.2) is 0 Å². The van der Waals surface area contributed by atoms with Gasteiger partial charge in [0.1, 0.15) is 5.75 Å². The molecular formula is C27H28O4. The number of carbonyl (C=O) groups excluding carboxylic acids is 1. The predicted molar refractivity (Wildman–Crippen MR) is 125 cm³/mol. The maximum Gasteiger partial charge on any atom is 0.306 e. The first-order valence-electron chi connectivity index (χ1n) is 10.4. The Morgan fingerprint density at radius 3 is 2.48 bits per heavy atom. The monoisotopic (exact) mass is 416 g/mol. The Hall–Kier alpha value is -3.53. The first kappa shape index (κ1) is 22.2. The molecule has 0 spiro atoms. The number of hydrogen-bond donors (Lipinski definition) is 1. The van der Waals surface area contributed by atoms with Crippen LogP contribution in [0, 0.1) is 6.92 Å². The second-order valence-electron chi connectivity index (χ2n) is 7.30. The van der Waals surface area contributed by atoms with E-state index in [9.17, 15) is 4.79 Å². The van der Waals surface area contributed by atoms with E-state index in [4.69, 9.17) is 14.6 Å². The quantitative estimate of drug-likeness (QED) is 0.343. The SMILES string of the molecule is CCOC(=O)CCc1cc(OC)ccc1-c1ccc(-c2cccc(/C=C\O)c2)c(C)c1. The van der Waals surface area contributed by atoms with Gasteiger partial charge in [-0.15, -0.1) is 0 Å². The summed E-state index contributed by atoms with van der Waals surface area (Å²) in [6.07, 6.45) is 3.63. The van der Waals surface area contributed by atoms with Crippen molar-refractivity contribution in [3.05, 3.63) is 83.6 Å². The van der Waals surface area contributed by atoms with Gasteiger partial charge in [-0.25, -0.2) is 0 Å². The lowest BCUT2D eigenvalue weighted by atomic mass is 9.92. The minimum Gasteiger partial charge on any atom is -0.516 e. The molecule has 1 N–H and O–H groups in total. The van der Waals surface area contributed by atoms with Gasteiger partial charge >= 0.3 is 5.97 Å². The van der Waals surface area contributed by atoms with Crippen LogP contribution in [0.5, 0.6) is 5.75 Å². The van der Waals surface area contributed by atoms with Crippen molar-refractivity contribution in [2.24, 2.45) is 0 Å². The molecule has 0 fully saturated rings. The number of ether oxygens (including phenoxy) is 2. The lowest BCUT2D eigenvalue weighted by Gasteiger charge is -2.14. The zero-order valence-electron chi connectivity index (χ0n) is 18.2. The van der Waals surface area contributed by atoms with E-state index in [1.807, 2.05) is 43.3 Å². The van der Waals surface area contributed by atoms with Crippen molar-refractivity contribution < 1.29 is 19.4 Å². The molecule has 160 valence electrons. The highest BCUT2D eigenvalue weighted by Gasteiger charge is 2.12. The van der Waals surface area contributed by atoms with Gasteiger partial charge in [0, 0.05) is 6.42 Å². The number of esters is 1. The minimum absolute atomic E-state index is 0.195. The molecule has 31 heavy (non-hydrogen) atoms. The molecule has 0 aliphatic heterocycles. The van der Waals surface area contributed by atoms with Crippen molar-refractivity contribution in [2.45, 2.75) is 26.7 Å². The molecule has 0 saturated carbocycles. The molecule has 0 bridgehead atoms. The standard InChI is InChI=1S/C27H28O4/c1-4-31-27(29)13-9-23-18-24(30-3)10-12-26(23)22-8-11-25(19(2)16-22)21-7-5-6-20(17-21)14-15-28/h5-8,10-12,14-18,28H,4,9,13H2,1-3H3/b15-14-. The molecular weight excluding hydrogens is 388 g/mol. The zero-order valence-corrected chi connectivity index (χ0v) is 18.2. The summed E-state index contributed by atoms with van der Waals surface area (Å²) in [5, 5.41) is 9.05. The van der Waals surface area contributed by atoms with Crippen molar-refractivity contribution >= 4 is 12.0 Å². The zero-order chi connectivity index (χ0) is 22.2. The van der Waals surface area contributed by atoms with Crippen molar-refractivity contribution in [2.75, 3.05) is 13.7 Å². The fraction of sp³-hybridized carbons (Fsp3) is 0.222. The topological polar surface area (TPSA) is 55.8 Å². The van der Waals surface area contributed by atoms with Crippen LogP contribution in [-0.2, 0) is 16.0 Å². The molecule has 0 aliphatic carbocycles. The van der Waals surface area contributed by atoms with Gasteiger partial charge < -0.3 is 14.6 Å². The number of hydrogen-bond acceptors (Lipinski definition) is 4. The number of carbonyl (C=O) groups is 1. The maximum atomic E-state index is 11.9. The summed E-state index contributed by atoms with van der Waals surface area (Å²) in [6.45, 7) is 4.30. The molecule has 0 aliphatic rings. The average Bonchev–Trinajstić information content (AvgIpc) is 2.78. The summed E-state index contributed by atoms with van der Waals surface area (Å²) in [7, 11) is 1.64. The smallest absolute Gasteiger partial charge is 0.306 e. The number of methoxy groups -OCH3 is 1. The molecule has 0 heterocycles. The number of aliphatic hydroxyl groups excluding tert-OH is 1. The third-order valence-corrected chi connectivity index (χ3v) is 5.22. The van der Waals surface area contributed by atoms with Crippen LogP contribution < -0.4 is 4.74 Å². The molecule has 3 aromatic carbocycles. The van der Waals surface area contributed by atoms with E-state index in [1.165, 1.54) is 0 Å². The molecule has 0 atom stereocenters. The first-order valence-corrected chi connectivity index (χ1v) is 10.4. The van der Waals surface area contributed by atoms with Gasteiger partial charge in [-0.3, -0.25) is 4.79 Å². The Labute approximate surface area is 183 Å². The molecule has 3 aromatic rings. The highest BCUT2D eigenvalue weighted by molar-refractivity contribution is 5.77. The van der Waals surface area contributed by atoms with Crippen LogP contribution in [0.2, 0.25) is 0 Å². The second kappa shape index (κ2) is 10.5. The summed E-state index contributed by atoms with van der Waals surface area (Å²) in [5.41, 5.74) is 7.55. The van der Waals surface area contributed by atoms with E-state index in [0.717, 1.165) is 51.0 Å². The highest BCUT2D eigenvalue weighted by atomic mass is 16.5. The molecule has 4 nitrogen and oxygen atoms in total. The second-order valence-corrected chi connectivity index (χ2v) is 7.30. The van der Waals surface area contributed by atoms with Crippen LogP contribution >= 0.6 is 0 Å². The summed E-state index contributed by atoms with van der Waals surface area (Å²) in [5.74, 6) is 0.573. The fourth-order valence-corrected chi connectivity index (χ4v) is 3.71. The molecule has 0 saturated heterocycles. The number of aliphatic hydroxyl groups is 1. The van der Waals surface area contributed by atoms with Crippen molar-refractivity contribution in [1.82, 2.24) is 0 Å². The van der Waals surface area contributed by atoms with Crippen LogP contribution in [0.4, 0.5) is 0 Å². The Kier molecular flexibility index (Phi) is 7.50. The molecule has 0 aromatic heterocycles. The summed E-state index contributed by atoms with van der Waals surface area (Å²) in [6, 6.07) is 20.4. The first-order chi connectivity index (χ1) is 15.0. The Balaban J connectivity index is 1.95. The van der Waals surface area contributed by atoms with Gasteiger partial charge in [-0.2, -0.15) is 0 Å². The Morgan fingerprint density at radius 2 is 1.77 bits per heavy atom. The van der Waals surface area contributed by atoms with E-state index < -0.39 is 0 Å². The van der Waals surface area contributed by atoms with Crippen LogP contribution in [-0.4, -0.2) is 24.8 Å². The largest absolute Gasteiger partial charge is 0.516 e. The average molecular weight is 417 g/mol. The van der Waals surface area contributed by atoms with E-state index in [2.05, 4.69) is 31.2 Å². The van der Waals surface area contributed by atoms with Gasteiger partial charge in [0.25, 0.3) is 0 Å². The minimum atomic E-state index is -0.195. The van der Waals surface area contributed by atoms with E-state index >= 15 is 0 Å². The molecule has 0 radical (unpaired) electrons. The summed E-state index contributed by atoms with van der Waals surface area (Å²) in [4.78, 5) is 11.9. The Bertz CT molecular complexity index is 1080. The van der Waals surface area contributed by atoms with Crippen molar-refractivity contribution in [3.8, 4) is 28.0 Å². The molecule has 0 amide bonds. The van der Waals surface area contributed by atoms with Gasteiger partial charge in [-0.05, 0) is 83.5 Å². The predicted octanol–water partition coefficient (Wildman–Crippen LogP) is 6.36. The normalized spacial score (nSPS) is 10.9. The molecule has 4 heteroatoms. The van der Waals surface area contributed by atoms with Gasteiger partial charge in [0.05, 0.1) is 20.0 Å². The van der Waals surface area contributed by atoms with E-state index in [-0.39, 0.29) is 5.97 Å². The van der Waals surface area contributed by atoms with Gasteiger partial charge in [0.2, 0.25) is 0 Å². The Morgan fingerprint density at radius 1 is 1.00 bits per heavy atom. The third-order valence-electron chi connectivity index (χ3n) is 5.22. The molecule has 0 unspecified atom stereocenters. The van der Waals surface area contributed by atoms with Gasteiger partial charge in [-0.1, -0.05) is 42.5 Å². The highest BCUT2D eigenvalue weighted by Crippen LogP contribution is 2.33. The lowest BCUT2D eigenvalue weighted by molar-refractivity contribution is -0.143.